The zero-order chi connectivity index (χ0) is 18.0. The Hall–Kier alpha value is -0.220. The standard InChI is InChI=1S/C10H24OP.C7H14O4/c1-5-11-9-10-12(6-2,7-3)8-4;1-2-10-5-6-11-4-3-7(8)9/h5-10H2,1-4H3;2-6H2,1H3,(H,8,9)/q+1;. The number of carboxylic acids is 1. The first kappa shape index (κ1) is 25.0. The zero-order valence-electron chi connectivity index (χ0n) is 15.8. The molecule has 0 rings (SSSR count). The third kappa shape index (κ3) is 16.4. The van der Waals surface area contributed by atoms with Gasteiger partial charge in [-0.3, -0.25) is 4.79 Å². The Morgan fingerprint density at radius 1 is 0.783 bits per heavy atom. The van der Waals surface area contributed by atoms with E-state index in [1.807, 2.05) is 6.92 Å². The molecular formula is C17H38O5P+. The van der Waals surface area contributed by atoms with Crippen LogP contribution in [0.4, 0.5) is 0 Å². The number of hydrogen-bond donors (Lipinski definition) is 1. The number of carboxylic acid groups (broad SMARTS) is 1. The quantitative estimate of drug-likeness (QED) is 0.382. The summed E-state index contributed by atoms with van der Waals surface area (Å²) in [6, 6.07) is 0. The van der Waals surface area contributed by atoms with Crippen LogP contribution in [0.15, 0.2) is 0 Å². The van der Waals surface area contributed by atoms with Gasteiger partial charge in [-0.25, -0.2) is 0 Å². The average molecular weight is 353 g/mol. The van der Waals surface area contributed by atoms with Gasteiger partial charge < -0.3 is 19.3 Å². The molecule has 0 bridgehead atoms. The summed E-state index contributed by atoms with van der Waals surface area (Å²) in [6.45, 7) is 14.8. The van der Waals surface area contributed by atoms with Crippen molar-refractivity contribution in [1.82, 2.24) is 0 Å². The largest absolute Gasteiger partial charge is 0.481 e. The molecule has 1 N–H and O–H groups in total. The van der Waals surface area contributed by atoms with Gasteiger partial charge in [0.25, 0.3) is 0 Å². The van der Waals surface area contributed by atoms with Crippen molar-refractivity contribution < 1.29 is 24.1 Å². The summed E-state index contributed by atoms with van der Waals surface area (Å²) < 4.78 is 15.3. The fourth-order valence-corrected chi connectivity index (χ4v) is 4.88. The Morgan fingerprint density at radius 3 is 1.70 bits per heavy atom. The second kappa shape index (κ2) is 18.1. The second-order valence-electron chi connectivity index (χ2n) is 5.16. The van der Waals surface area contributed by atoms with Gasteiger partial charge in [0.05, 0.1) is 57.5 Å². The number of hydrogen-bond acceptors (Lipinski definition) is 4. The maximum absolute atomic E-state index is 9.98. The molecule has 0 aromatic heterocycles. The SMILES string of the molecule is CCOCCOCCC(=O)O.CCOCC[P+](CC)(CC)CC. The molecule has 0 saturated carbocycles. The fraction of sp³-hybridized carbons (Fsp3) is 0.941. The van der Waals surface area contributed by atoms with Crippen LogP contribution in [0.2, 0.25) is 0 Å². The van der Waals surface area contributed by atoms with E-state index in [9.17, 15) is 4.79 Å². The topological polar surface area (TPSA) is 65.0 Å². The monoisotopic (exact) mass is 353 g/mol. The summed E-state index contributed by atoms with van der Waals surface area (Å²) in [4.78, 5) is 9.98. The van der Waals surface area contributed by atoms with E-state index in [0.29, 0.717) is 19.8 Å². The molecule has 0 unspecified atom stereocenters. The summed E-state index contributed by atoms with van der Waals surface area (Å²) in [5, 5.41) is 8.20. The number of ether oxygens (including phenoxy) is 3. The Balaban J connectivity index is 0. The van der Waals surface area contributed by atoms with Crippen LogP contribution in [0.1, 0.15) is 41.0 Å². The van der Waals surface area contributed by atoms with Crippen LogP contribution < -0.4 is 0 Å². The van der Waals surface area contributed by atoms with Crippen LogP contribution in [0.25, 0.3) is 0 Å². The molecule has 0 fully saturated rings. The molecule has 0 aliphatic heterocycles. The maximum Gasteiger partial charge on any atom is 0.305 e. The van der Waals surface area contributed by atoms with E-state index < -0.39 is 13.2 Å². The van der Waals surface area contributed by atoms with Gasteiger partial charge in [-0.15, -0.1) is 0 Å². The van der Waals surface area contributed by atoms with E-state index in [4.69, 9.17) is 19.3 Å². The predicted molar refractivity (Wildman–Crippen MR) is 99.5 cm³/mol. The number of aliphatic carboxylic acids is 1. The van der Waals surface area contributed by atoms with Crippen LogP contribution in [0, 0.1) is 0 Å². The van der Waals surface area contributed by atoms with Gasteiger partial charge >= 0.3 is 5.97 Å². The molecule has 5 nitrogen and oxygen atoms in total. The van der Waals surface area contributed by atoms with Gasteiger partial charge in [0.2, 0.25) is 0 Å². The van der Waals surface area contributed by atoms with Gasteiger partial charge in [-0.2, -0.15) is 0 Å². The third-order valence-electron chi connectivity index (χ3n) is 3.96. The molecule has 23 heavy (non-hydrogen) atoms. The minimum Gasteiger partial charge on any atom is -0.481 e. The van der Waals surface area contributed by atoms with Crippen LogP contribution in [0.5, 0.6) is 0 Å². The molecule has 0 aliphatic carbocycles. The van der Waals surface area contributed by atoms with E-state index in [0.717, 1.165) is 13.2 Å². The molecule has 6 heteroatoms. The van der Waals surface area contributed by atoms with E-state index >= 15 is 0 Å². The molecule has 0 aromatic carbocycles. The average Bonchev–Trinajstić information content (AvgIpc) is 2.56. The second-order valence-corrected chi connectivity index (χ2v) is 10.2. The van der Waals surface area contributed by atoms with E-state index in [1.165, 1.54) is 24.6 Å². The lowest BCUT2D eigenvalue weighted by Gasteiger charge is -2.23. The lowest BCUT2D eigenvalue weighted by Crippen LogP contribution is -2.12. The first-order valence-electron chi connectivity index (χ1n) is 8.81. The van der Waals surface area contributed by atoms with E-state index in [-0.39, 0.29) is 13.0 Å². The lowest BCUT2D eigenvalue weighted by molar-refractivity contribution is -0.138. The fourth-order valence-electron chi connectivity index (χ4n) is 2.07. The predicted octanol–water partition coefficient (Wildman–Crippen LogP) is 3.61. The van der Waals surface area contributed by atoms with Crippen LogP contribution in [-0.2, 0) is 19.0 Å². The van der Waals surface area contributed by atoms with Gasteiger partial charge in [0, 0.05) is 20.5 Å². The van der Waals surface area contributed by atoms with Crippen molar-refractivity contribution in [1.29, 1.82) is 0 Å². The lowest BCUT2D eigenvalue weighted by atomic mass is 10.5. The molecule has 0 radical (unpaired) electrons. The first-order chi connectivity index (χ1) is 11.0. The highest BCUT2D eigenvalue weighted by molar-refractivity contribution is 7.75. The summed E-state index contributed by atoms with van der Waals surface area (Å²) in [7, 11) is -0.594. The summed E-state index contributed by atoms with van der Waals surface area (Å²) in [6.07, 6.45) is 5.59. The van der Waals surface area contributed by atoms with Crippen molar-refractivity contribution in [2.45, 2.75) is 41.0 Å². The van der Waals surface area contributed by atoms with Crippen LogP contribution >= 0.6 is 7.26 Å². The highest BCUT2D eigenvalue weighted by atomic mass is 31.2. The van der Waals surface area contributed by atoms with Crippen molar-refractivity contribution in [3.8, 4) is 0 Å². The van der Waals surface area contributed by atoms with Gasteiger partial charge in [-0.05, 0) is 34.6 Å². The van der Waals surface area contributed by atoms with Gasteiger partial charge in [0.1, 0.15) is 0 Å². The summed E-state index contributed by atoms with van der Waals surface area (Å²) in [5.74, 6) is -0.832. The molecule has 140 valence electrons. The summed E-state index contributed by atoms with van der Waals surface area (Å²) >= 11 is 0. The number of rotatable bonds is 14. The molecule has 0 aliphatic rings. The Kier molecular flexibility index (Phi) is 19.7. The minimum atomic E-state index is -0.832. The van der Waals surface area contributed by atoms with Crippen LogP contribution in [-0.4, -0.2) is 75.4 Å². The Labute approximate surface area is 143 Å². The first-order valence-corrected chi connectivity index (χ1v) is 11.3. The van der Waals surface area contributed by atoms with E-state index in [2.05, 4.69) is 27.7 Å². The molecular weight excluding hydrogens is 315 g/mol. The molecule has 0 heterocycles. The normalized spacial score (nSPS) is 11.0. The highest BCUT2D eigenvalue weighted by Crippen LogP contribution is 2.57. The maximum atomic E-state index is 9.98. The minimum absolute atomic E-state index is 0.0616. The van der Waals surface area contributed by atoms with E-state index in [1.54, 1.807) is 0 Å². The molecule has 0 spiro atoms. The van der Waals surface area contributed by atoms with Gasteiger partial charge in [-0.1, -0.05) is 0 Å². The van der Waals surface area contributed by atoms with Crippen molar-refractivity contribution in [2.24, 2.45) is 0 Å². The van der Waals surface area contributed by atoms with Crippen molar-refractivity contribution in [3.05, 3.63) is 0 Å². The summed E-state index contributed by atoms with van der Waals surface area (Å²) in [5.41, 5.74) is 0. The zero-order valence-corrected chi connectivity index (χ0v) is 16.7. The number of carbonyl (C=O) groups is 1. The van der Waals surface area contributed by atoms with Crippen molar-refractivity contribution in [3.63, 3.8) is 0 Å². The smallest absolute Gasteiger partial charge is 0.305 e. The Morgan fingerprint density at radius 2 is 1.26 bits per heavy atom. The molecule has 0 atom stereocenters. The van der Waals surface area contributed by atoms with Crippen molar-refractivity contribution in [2.75, 3.05) is 64.3 Å². The van der Waals surface area contributed by atoms with Crippen molar-refractivity contribution >= 4 is 13.2 Å². The molecule has 0 amide bonds. The third-order valence-corrected chi connectivity index (χ3v) is 9.12. The highest BCUT2D eigenvalue weighted by Gasteiger charge is 2.30. The molecule has 0 aromatic rings. The van der Waals surface area contributed by atoms with Gasteiger partial charge in [0.15, 0.2) is 0 Å². The van der Waals surface area contributed by atoms with Crippen LogP contribution in [0.3, 0.4) is 0 Å². The molecule has 0 saturated heterocycles. The Bertz CT molecular complexity index is 249.